The van der Waals surface area contributed by atoms with E-state index in [1.54, 1.807) is 12.1 Å². The van der Waals surface area contributed by atoms with E-state index in [-0.39, 0.29) is 11.9 Å². The molecule has 0 N–H and O–H groups in total. The number of benzene rings is 2. The Kier molecular flexibility index (Phi) is 5.91. The third-order valence-electron chi connectivity index (χ3n) is 3.17. The SMILES string of the molecule is CN(C)CCO[C@@H](c1ccc(F)cc1)c1ccc(Br)cc1. The fourth-order valence-corrected chi connectivity index (χ4v) is 2.28. The summed E-state index contributed by atoms with van der Waals surface area (Å²) in [7, 11) is 4.02. The summed E-state index contributed by atoms with van der Waals surface area (Å²) in [6, 6.07) is 14.5. The summed E-state index contributed by atoms with van der Waals surface area (Å²) in [4.78, 5) is 2.07. The van der Waals surface area contributed by atoms with Gasteiger partial charge in [0.1, 0.15) is 11.9 Å². The Morgan fingerprint density at radius 1 is 1.00 bits per heavy atom. The molecule has 0 saturated carbocycles. The summed E-state index contributed by atoms with van der Waals surface area (Å²) in [6.07, 6.45) is -0.182. The number of hydrogen-bond donors (Lipinski definition) is 0. The van der Waals surface area contributed by atoms with E-state index < -0.39 is 0 Å². The highest BCUT2D eigenvalue weighted by atomic mass is 79.9. The molecule has 0 aliphatic rings. The highest BCUT2D eigenvalue weighted by Gasteiger charge is 2.15. The van der Waals surface area contributed by atoms with E-state index in [1.807, 2.05) is 38.4 Å². The predicted octanol–water partition coefficient (Wildman–Crippen LogP) is 4.26. The molecule has 21 heavy (non-hydrogen) atoms. The van der Waals surface area contributed by atoms with Gasteiger partial charge in [0.25, 0.3) is 0 Å². The fourth-order valence-electron chi connectivity index (χ4n) is 2.01. The van der Waals surface area contributed by atoms with Gasteiger partial charge in [0.2, 0.25) is 0 Å². The Morgan fingerprint density at radius 3 is 2.05 bits per heavy atom. The Hall–Kier alpha value is -1.23. The molecule has 2 nitrogen and oxygen atoms in total. The van der Waals surface area contributed by atoms with E-state index in [0.29, 0.717) is 6.61 Å². The van der Waals surface area contributed by atoms with Gasteiger partial charge in [-0.3, -0.25) is 0 Å². The largest absolute Gasteiger partial charge is 0.367 e. The molecule has 0 aromatic heterocycles. The van der Waals surface area contributed by atoms with E-state index in [1.165, 1.54) is 12.1 Å². The minimum absolute atomic E-state index is 0.182. The van der Waals surface area contributed by atoms with Crippen molar-refractivity contribution in [3.05, 3.63) is 69.9 Å². The van der Waals surface area contributed by atoms with Crippen LogP contribution >= 0.6 is 15.9 Å². The predicted molar refractivity (Wildman–Crippen MR) is 86.9 cm³/mol. The van der Waals surface area contributed by atoms with Crippen LogP contribution in [0.4, 0.5) is 4.39 Å². The van der Waals surface area contributed by atoms with Crippen molar-refractivity contribution in [2.75, 3.05) is 27.2 Å². The molecular weight excluding hydrogens is 333 g/mol. The third kappa shape index (κ3) is 4.92. The first kappa shape index (κ1) is 16.1. The zero-order valence-corrected chi connectivity index (χ0v) is 13.8. The van der Waals surface area contributed by atoms with Gasteiger partial charge in [-0.1, -0.05) is 40.2 Å². The Labute approximate surface area is 133 Å². The normalized spacial score (nSPS) is 12.6. The molecule has 0 heterocycles. The summed E-state index contributed by atoms with van der Waals surface area (Å²) >= 11 is 3.43. The zero-order valence-electron chi connectivity index (χ0n) is 12.2. The van der Waals surface area contributed by atoms with Crippen LogP contribution in [0.25, 0.3) is 0 Å². The van der Waals surface area contributed by atoms with E-state index in [9.17, 15) is 4.39 Å². The lowest BCUT2D eigenvalue weighted by atomic mass is 10.0. The van der Waals surface area contributed by atoms with Crippen LogP contribution in [-0.2, 0) is 4.74 Å². The number of halogens is 2. The van der Waals surface area contributed by atoms with Gasteiger partial charge in [0.15, 0.2) is 0 Å². The number of rotatable bonds is 6. The minimum Gasteiger partial charge on any atom is -0.367 e. The van der Waals surface area contributed by atoms with Crippen LogP contribution < -0.4 is 0 Å². The Balaban J connectivity index is 2.21. The highest BCUT2D eigenvalue weighted by Crippen LogP contribution is 2.27. The van der Waals surface area contributed by atoms with Crippen LogP contribution in [-0.4, -0.2) is 32.1 Å². The molecule has 0 amide bonds. The van der Waals surface area contributed by atoms with Crippen molar-refractivity contribution >= 4 is 15.9 Å². The molecule has 0 unspecified atom stereocenters. The second-order valence-electron chi connectivity index (χ2n) is 5.16. The molecule has 1 atom stereocenters. The Morgan fingerprint density at radius 2 is 1.52 bits per heavy atom. The van der Waals surface area contributed by atoms with Crippen molar-refractivity contribution in [3.8, 4) is 0 Å². The topological polar surface area (TPSA) is 12.5 Å². The van der Waals surface area contributed by atoms with Gasteiger partial charge >= 0.3 is 0 Å². The highest BCUT2D eigenvalue weighted by molar-refractivity contribution is 9.10. The van der Waals surface area contributed by atoms with Gasteiger partial charge in [0.05, 0.1) is 6.61 Å². The van der Waals surface area contributed by atoms with Crippen molar-refractivity contribution in [3.63, 3.8) is 0 Å². The molecule has 0 saturated heterocycles. The molecular formula is C17H19BrFNO. The number of likely N-dealkylation sites (N-methyl/N-ethyl adjacent to an activating group) is 1. The lowest BCUT2D eigenvalue weighted by Gasteiger charge is -2.20. The molecule has 2 aromatic rings. The quantitative estimate of drug-likeness (QED) is 0.771. The van der Waals surface area contributed by atoms with Gasteiger partial charge in [-0.05, 0) is 49.5 Å². The number of nitrogens with zero attached hydrogens (tertiary/aromatic N) is 1. The van der Waals surface area contributed by atoms with Crippen molar-refractivity contribution in [2.24, 2.45) is 0 Å². The van der Waals surface area contributed by atoms with Crippen molar-refractivity contribution < 1.29 is 9.13 Å². The van der Waals surface area contributed by atoms with E-state index in [0.717, 1.165) is 22.1 Å². The summed E-state index contributed by atoms with van der Waals surface area (Å²) in [5.41, 5.74) is 2.01. The van der Waals surface area contributed by atoms with Gasteiger partial charge < -0.3 is 9.64 Å². The summed E-state index contributed by atoms with van der Waals surface area (Å²) in [5, 5.41) is 0. The van der Waals surface area contributed by atoms with Crippen molar-refractivity contribution in [2.45, 2.75) is 6.10 Å². The maximum Gasteiger partial charge on any atom is 0.123 e. The number of hydrogen-bond acceptors (Lipinski definition) is 2. The molecule has 0 fully saturated rings. The van der Waals surface area contributed by atoms with E-state index in [4.69, 9.17) is 4.74 Å². The van der Waals surface area contributed by atoms with Crippen LogP contribution in [0.15, 0.2) is 53.0 Å². The van der Waals surface area contributed by atoms with Gasteiger partial charge in [-0.25, -0.2) is 4.39 Å². The standard InChI is InChI=1S/C17H19BrFNO/c1-20(2)11-12-21-17(13-3-7-15(18)8-4-13)14-5-9-16(19)10-6-14/h3-10,17H,11-12H2,1-2H3/t17-/m1/s1. The molecule has 2 rings (SSSR count). The van der Waals surface area contributed by atoms with Crippen LogP contribution in [0, 0.1) is 5.82 Å². The van der Waals surface area contributed by atoms with Gasteiger partial charge in [-0.15, -0.1) is 0 Å². The third-order valence-corrected chi connectivity index (χ3v) is 3.70. The maximum atomic E-state index is 13.1. The first-order valence-corrected chi connectivity index (χ1v) is 7.63. The second-order valence-corrected chi connectivity index (χ2v) is 6.07. The average molecular weight is 352 g/mol. The maximum absolute atomic E-state index is 13.1. The first-order valence-electron chi connectivity index (χ1n) is 6.83. The monoisotopic (exact) mass is 351 g/mol. The minimum atomic E-state index is -0.235. The molecule has 0 spiro atoms. The molecule has 0 radical (unpaired) electrons. The van der Waals surface area contributed by atoms with Crippen LogP contribution in [0.3, 0.4) is 0 Å². The lowest BCUT2D eigenvalue weighted by Crippen LogP contribution is -2.20. The number of ether oxygens (including phenoxy) is 1. The zero-order chi connectivity index (χ0) is 15.2. The van der Waals surface area contributed by atoms with Crippen LogP contribution in [0.1, 0.15) is 17.2 Å². The molecule has 2 aromatic carbocycles. The first-order chi connectivity index (χ1) is 10.1. The van der Waals surface area contributed by atoms with Crippen LogP contribution in [0.5, 0.6) is 0 Å². The molecule has 112 valence electrons. The van der Waals surface area contributed by atoms with E-state index >= 15 is 0 Å². The molecule has 0 aliphatic heterocycles. The fraction of sp³-hybridized carbons (Fsp3) is 0.294. The average Bonchev–Trinajstić information content (AvgIpc) is 2.46. The van der Waals surface area contributed by atoms with Gasteiger partial charge in [0, 0.05) is 11.0 Å². The molecule has 0 bridgehead atoms. The summed E-state index contributed by atoms with van der Waals surface area (Å²) < 4.78 is 20.2. The molecule has 0 aliphatic carbocycles. The van der Waals surface area contributed by atoms with Crippen LogP contribution in [0.2, 0.25) is 0 Å². The van der Waals surface area contributed by atoms with Crippen molar-refractivity contribution in [1.29, 1.82) is 0 Å². The lowest BCUT2D eigenvalue weighted by molar-refractivity contribution is 0.0687. The summed E-state index contributed by atoms with van der Waals surface area (Å²) in [5.74, 6) is -0.235. The van der Waals surface area contributed by atoms with Crippen molar-refractivity contribution in [1.82, 2.24) is 4.90 Å². The van der Waals surface area contributed by atoms with E-state index in [2.05, 4.69) is 20.8 Å². The Bertz CT molecular complexity index is 509. The van der Waals surface area contributed by atoms with Gasteiger partial charge in [-0.2, -0.15) is 0 Å². The molecule has 4 heteroatoms. The smallest absolute Gasteiger partial charge is 0.123 e. The summed E-state index contributed by atoms with van der Waals surface area (Å²) in [6.45, 7) is 1.46. The second kappa shape index (κ2) is 7.69.